The molecule has 1 rings (SSSR count). The van der Waals surface area contributed by atoms with Crippen molar-refractivity contribution in [3.05, 3.63) is 18.2 Å². The van der Waals surface area contributed by atoms with E-state index < -0.39 is 0 Å². The van der Waals surface area contributed by atoms with Crippen molar-refractivity contribution in [2.24, 2.45) is 0 Å². The standard InChI is InChI=1S/C10H14ClNO2/c1-12(7-11)9-6-8(13-2)4-5-10(9)14-3/h4-6H,7H2,1-3H3. The molecule has 1 aromatic carbocycles. The molecule has 0 radical (unpaired) electrons. The lowest BCUT2D eigenvalue weighted by Gasteiger charge is -2.19. The summed E-state index contributed by atoms with van der Waals surface area (Å²) in [6.45, 7) is 0. The lowest BCUT2D eigenvalue weighted by atomic mass is 10.2. The van der Waals surface area contributed by atoms with E-state index in [1.165, 1.54) is 0 Å². The Morgan fingerprint density at radius 3 is 2.50 bits per heavy atom. The van der Waals surface area contributed by atoms with Crippen molar-refractivity contribution in [1.82, 2.24) is 0 Å². The van der Waals surface area contributed by atoms with Crippen molar-refractivity contribution in [1.29, 1.82) is 0 Å². The molecule has 0 aliphatic heterocycles. The second-order valence-corrected chi connectivity index (χ2v) is 3.09. The second-order valence-electron chi connectivity index (χ2n) is 2.86. The van der Waals surface area contributed by atoms with E-state index in [2.05, 4.69) is 0 Å². The van der Waals surface area contributed by atoms with E-state index in [1.54, 1.807) is 14.2 Å². The predicted octanol–water partition coefficient (Wildman–Crippen LogP) is 2.34. The molecule has 0 aliphatic rings. The number of methoxy groups -OCH3 is 2. The quantitative estimate of drug-likeness (QED) is 0.569. The van der Waals surface area contributed by atoms with Gasteiger partial charge in [-0.05, 0) is 12.1 Å². The lowest BCUT2D eigenvalue weighted by Crippen LogP contribution is -2.15. The summed E-state index contributed by atoms with van der Waals surface area (Å²) in [5, 5.41) is 0. The molecule has 0 saturated carbocycles. The predicted molar refractivity (Wildman–Crippen MR) is 58.7 cm³/mol. The van der Waals surface area contributed by atoms with Gasteiger partial charge < -0.3 is 14.4 Å². The minimum absolute atomic E-state index is 0.406. The highest BCUT2D eigenvalue weighted by atomic mass is 35.5. The normalized spacial score (nSPS) is 9.71. The highest BCUT2D eigenvalue weighted by Gasteiger charge is 2.08. The van der Waals surface area contributed by atoms with Crippen LogP contribution in [0, 0.1) is 0 Å². The minimum Gasteiger partial charge on any atom is -0.497 e. The number of hydrogen-bond acceptors (Lipinski definition) is 3. The van der Waals surface area contributed by atoms with Gasteiger partial charge in [0.15, 0.2) is 0 Å². The molecule has 0 saturated heterocycles. The molecule has 0 bridgehead atoms. The van der Waals surface area contributed by atoms with Gasteiger partial charge in [-0.2, -0.15) is 0 Å². The van der Waals surface area contributed by atoms with Crippen LogP contribution < -0.4 is 14.4 Å². The van der Waals surface area contributed by atoms with Gasteiger partial charge in [0, 0.05) is 13.1 Å². The summed E-state index contributed by atoms with van der Waals surface area (Å²) in [4.78, 5) is 1.88. The average molecular weight is 216 g/mol. The monoisotopic (exact) mass is 215 g/mol. The van der Waals surface area contributed by atoms with Crippen LogP contribution in [0.3, 0.4) is 0 Å². The summed E-state index contributed by atoms with van der Waals surface area (Å²) in [5.41, 5.74) is 0.918. The van der Waals surface area contributed by atoms with Gasteiger partial charge in [0.1, 0.15) is 11.5 Å². The number of ether oxygens (including phenoxy) is 2. The average Bonchev–Trinajstić information content (AvgIpc) is 2.27. The fraction of sp³-hybridized carbons (Fsp3) is 0.400. The molecule has 0 amide bonds. The van der Waals surface area contributed by atoms with Gasteiger partial charge in [-0.15, -0.1) is 11.6 Å². The van der Waals surface area contributed by atoms with Crippen LogP contribution in [0.2, 0.25) is 0 Å². The van der Waals surface area contributed by atoms with Crippen LogP contribution in [0.4, 0.5) is 5.69 Å². The third kappa shape index (κ3) is 2.23. The summed E-state index contributed by atoms with van der Waals surface area (Å²) < 4.78 is 10.3. The molecule has 1 aromatic rings. The van der Waals surface area contributed by atoms with Crippen LogP contribution in [-0.4, -0.2) is 27.3 Å². The smallest absolute Gasteiger partial charge is 0.142 e. The maximum absolute atomic E-state index is 5.74. The van der Waals surface area contributed by atoms with Crippen LogP contribution in [0.15, 0.2) is 18.2 Å². The topological polar surface area (TPSA) is 21.7 Å². The maximum atomic E-state index is 5.74. The van der Waals surface area contributed by atoms with E-state index in [4.69, 9.17) is 21.1 Å². The molecule has 0 spiro atoms. The van der Waals surface area contributed by atoms with E-state index >= 15 is 0 Å². The fourth-order valence-corrected chi connectivity index (χ4v) is 1.29. The van der Waals surface area contributed by atoms with Gasteiger partial charge in [0.2, 0.25) is 0 Å². The van der Waals surface area contributed by atoms with Gasteiger partial charge in [-0.25, -0.2) is 0 Å². The Bertz CT molecular complexity index is 304. The van der Waals surface area contributed by atoms with Crippen LogP contribution in [0.5, 0.6) is 11.5 Å². The zero-order valence-electron chi connectivity index (χ0n) is 8.58. The van der Waals surface area contributed by atoms with E-state index in [9.17, 15) is 0 Å². The highest BCUT2D eigenvalue weighted by molar-refractivity contribution is 6.19. The van der Waals surface area contributed by atoms with Gasteiger partial charge in [0.05, 0.1) is 25.9 Å². The number of nitrogens with zero attached hydrogens (tertiary/aromatic N) is 1. The number of halogens is 1. The summed E-state index contributed by atoms with van der Waals surface area (Å²) in [6, 6.07) is 6.01. The molecule has 14 heavy (non-hydrogen) atoms. The first-order chi connectivity index (χ1) is 6.72. The SMILES string of the molecule is COc1ccc(OC)c(N(C)CCl)c1. The summed E-state index contributed by atoms with van der Waals surface area (Å²) in [7, 11) is 5.16. The highest BCUT2D eigenvalue weighted by Crippen LogP contribution is 2.31. The van der Waals surface area contributed by atoms with E-state index in [-0.39, 0.29) is 0 Å². The lowest BCUT2D eigenvalue weighted by molar-refractivity contribution is 0.403. The van der Waals surface area contributed by atoms with Crippen LogP contribution in [0.25, 0.3) is 0 Å². The van der Waals surface area contributed by atoms with Crippen molar-refractivity contribution < 1.29 is 9.47 Å². The van der Waals surface area contributed by atoms with Gasteiger partial charge in [0.25, 0.3) is 0 Å². The van der Waals surface area contributed by atoms with Crippen LogP contribution >= 0.6 is 11.6 Å². The van der Waals surface area contributed by atoms with Crippen molar-refractivity contribution in [3.63, 3.8) is 0 Å². The minimum atomic E-state index is 0.406. The molecule has 0 fully saturated rings. The third-order valence-corrected chi connectivity index (χ3v) is 2.34. The number of hydrogen-bond donors (Lipinski definition) is 0. The molecule has 0 atom stereocenters. The van der Waals surface area contributed by atoms with E-state index in [1.807, 2.05) is 30.1 Å². The second kappa shape index (κ2) is 4.96. The molecule has 78 valence electrons. The number of benzene rings is 1. The summed E-state index contributed by atoms with van der Waals surface area (Å²) >= 11 is 5.74. The first-order valence-corrected chi connectivity index (χ1v) is 4.75. The maximum Gasteiger partial charge on any atom is 0.142 e. The Labute approximate surface area is 89.2 Å². The molecule has 0 N–H and O–H groups in total. The molecule has 0 heterocycles. The number of alkyl halides is 1. The Morgan fingerprint density at radius 1 is 1.29 bits per heavy atom. The largest absolute Gasteiger partial charge is 0.497 e. The van der Waals surface area contributed by atoms with Gasteiger partial charge in [-0.1, -0.05) is 0 Å². The molecule has 3 nitrogen and oxygen atoms in total. The Kier molecular flexibility index (Phi) is 3.89. The molecular weight excluding hydrogens is 202 g/mol. The van der Waals surface area contributed by atoms with Crippen LogP contribution in [-0.2, 0) is 0 Å². The van der Waals surface area contributed by atoms with E-state index in [0.29, 0.717) is 6.00 Å². The third-order valence-electron chi connectivity index (χ3n) is 1.98. The van der Waals surface area contributed by atoms with Gasteiger partial charge in [-0.3, -0.25) is 0 Å². The van der Waals surface area contributed by atoms with Crippen LogP contribution in [0.1, 0.15) is 0 Å². The van der Waals surface area contributed by atoms with E-state index in [0.717, 1.165) is 17.2 Å². The van der Waals surface area contributed by atoms with Crippen molar-refractivity contribution in [2.75, 3.05) is 32.2 Å². The molecule has 4 heteroatoms. The van der Waals surface area contributed by atoms with Crippen molar-refractivity contribution in [3.8, 4) is 11.5 Å². The van der Waals surface area contributed by atoms with Crippen molar-refractivity contribution in [2.45, 2.75) is 0 Å². The molecular formula is C10H14ClNO2. The Morgan fingerprint density at radius 2 is 2.00 bits per heavy atom. The first-order valence-electron chi connectivity index (χ1n) is 4.22. The number of anilines is 1. The fourth-order valence-electron chi connectivity index (χ4n) is 1.16. The number of rotatable bonds is 4. The van der Waals surface area contributed by atoms with Crippen molar-refractivity contribution >= 4 is 17.3 Å². The Hall–Kier alpha value is -1.09. The zero-order chi connectivity index (χ0) is 10.6. The first kappa shape index (κ1) is 11.0. The van der Waals surface area contributed by atoms with Gasteiger partial charge >= 0.3 is 0 Å². The summed E-state index contributed by atoms with van der Waals surface area (Å²) in [6.07, 6.45) is 0. The summed E-state index contributed by atoms with van der Waals surface area (Å²) in [5.74, 6) is 1.58. The molecule has 0 unspecified atom stereocenters. The Balaban J connectivity index is 3.08. The molecule has 0 aliphatic carbocycles. The molecule has 0 aromatic heterocycles. The zero-order valence-corrected chi connectivity index (χ0v) is 9.34.